The van der Waals surface area contributed by atoms with E-state index in [2.05, 4.69) is 10.3 Å². The van der Waals surface area contributed by atoms with Gasteiger partial charge in [-0.25, -0.2) is 0 Å². The number of carbonyl (C=O) groups is 2. The van der Waals surface area contributed by atoms with Crippen LogP contribution in [0.25, 0.3) is 0 Å². The van der Waals surface area contributed by atoms with Crippen LogP contribution in [0.1, 0.15) is 24.0 Å². The number of nitrogens with one attached hydrogen (secondary N) is 1. The van der Waals surface area contributed by atoms with Gasteiger partial charge in [-0.15, -0.1) is 0 Å². The van der Waals surface area contributed by atoms with E-state index in [4.69, 9.17) is 4.74 Å². The van der Waals surface area contributed by atoms with Crippen LogP contribution < -0.4 is 10.1 Å². The topological polar surface area (TPSA) is 71.5 Å². The third-order valence-electron chi connectivity index (χ3n) is 5.04. The molecule has 1 fully saturated rings. The van der Waals surface area contributed by atoms with E-state index in [1.807, 2.05) is 36.4 Å². The van der Waals surface area contributed by atoms with Gasteiger partial charge in [-0.05, 0) is 54.7 Å². The average Bonchev–Trinajstić information content (AvgIpc) is 3.53. The standard InChI is InChI=1S/C21H25N3O3/c1-24(14-9-16-7-12-22-13-8-16)20(26)21(10-11-21)19(25)23-15-17-3-5-18(27-2)6-4-17/h3-8,12-13H,9-11,14-15H2,1-2H3,(H,23,25). The molecule has 1 N–H and O–H groups in total. The summed E-state index contributed by atoms with van der Waals surface area (Å²) in [7, 11) is 3.38. The highest BCUT2D eigenvalue weighted by atomic mass is 16.5. The molecule has 1 aliphatic rings. The average molecular weight is 367 g/mol. The van der Waals surface area contributed by atoms with Crippen molar-refractivity contribution in [3.8, 4) is 5.75 Å². The van der Waals surface area contributed by atoms with E-state index in [1.54, 1.807) is 31.5 Å². The molecule has 6 nitrogen and oxygen atoms in total. The van der Waals surface area contributed by atoms with Crippen molar-refractivity contribution in [2.45, 2.75) is 25.8 Å². The van der Waals surface area contributed by atoms with Crippen LogP contribution in [-0.2, 0) is 22.6 Å². The van der Waals surface area contributed by atoms with Crippen LogP contribution in [0.3, 0.4) is 0 Å². The molecule has 2 aromatic rings. The van der Waals surface area contributed by atoms with Gasteiger partial charge in [-0.2, -0.15) is 0 Å². The highest BCUT2D eigenvalue weighted by Crippen LogP contribution is 2.47. The lowest BCUT2D eigenvalue weighted by Gasteiger charge is -2.23. The molecule has 0 bridgehead atoms. The van der Waals surface area contributed by atoms with E-state index in [0.29, 0.717) is 25.9 Å². The van der Waals surface area contributed by atoms with Crippen LogP contribution >= 0.6 is 0 Å². The van der Waals surface area contributed by atoms with Crippen molar-refractivity contribution in [1.29, 1.82) is 0 Å². The quantitative estimate of drug-likeness (QED) is 0.726. The SMILES string of the molecule is COc1ccc(CNC(=O)C2(C(=O)N(C)CCc3ccncc3)CC2)cc1. The highest BCUT2D eigenvalue weighted by molar-refractivity contribution is 6.07. The third-order valence-corrected chi connectivity index (χ3v) is 5.04. The molecule has 27 heavy (non-hydrogen) atoms. The van der Waals surface area contributed by atoms with Crippen molar-refractivity contribution in [3.63, 3.8) is 0 Å². The number of nitrogens with zero attached hydrogens (tertiary/aromatic N) is 2. The van der Waals surface area contributed by atoms with Gasteiger partial charge >= 0.3 is 0 Å². The zero-order valence-electron chi connectivity index (χ0n) is 15.8. The van der Waals surface area contributed by atoms with Crippen molar-refractivity contribution in [2.75, 3.05) is 20.7 Å². The molecule has 1 aromatic heterocycles. The van der Waals surface area contributed by atoms with Gasteiger partial charge in [0.25, 0.3) is 0 Å². The van der Waals surface area contributed by atoms with Gasteiger partial charge in [0.05, 0.1) is 7.11 Å². The van der Waals surface area contributed by atoms with E-state index in [0.717, 1.165) is 23.3 Å². The molecule has 0 spiro atoms. The van der Waals surface area contributed by atoms with E-state index >= 15 is 0 Å². The van der Waals surface area contributed by atoms with Crippen molar-refractivity contribution < 1.29 is 14.3 Å². The second kappa shape index (κ2) is 8.20. The maximum absolute atomic E-state index is 12.8. The number of hydrogen-bond donors (Lipinski definition) is 1. The van der Waals surface area contributed by atoms with Crippen LogP contribution in [0.2, 0.25) is 0 Å². The minimum Gasteiger partial charge on any atom is -0.497 e. The van der Waals surface area contributed by atoms with Gasteiger partial charge in [0.1, 0.15) is 11.2 Å². The number of ether oxygens (including phenoxy) is 1. The minimum atomic E-state index is -0.889. The van der Waals surface area contributed by atoms with Gasteiger partial charge in [-0.1, -0.05) is 12.1 Å². The molecule has 6 heteroatoms. The first-order valence-electron chi connectivity index (χ1n) is 9.11. The van der Waals surface area contributed by atoms with Crippen LogP contribution in [-0.4, -0.2) is 42.4 Å². The summed E-state index contributed by atoms with van der Waals surface area (Å²) in [6, 6.07) is 11.4. The molecule has 0 aliphatic heterocycles. The second-order valence-corrected chi connectivity index (χ2v) is 6.95. The number of hydrogen-bond acceptors (Lipinski definition) is 4. The number of methoxy groups -OCH3 is 1. The Labute approximate surface area is 159 Å². The summed E-state index contributed by atoms with van der Waals surface area (Å²) in [5.41, 5.74) is 1.20. The molecule has 0 unspecified atom stereocenters. The number of benzene rings is 1. The molecule has 1 aromatic carbocycles. The van der Waals surface area contributed by atoms with E-state index < -0.39 is 5.41 Å². The zero-order chi connectivity index (χ0) is 19.3. The molecule has 0 saturated heterocycles. The van der Waals surface area contributed by atoms with Crippen molar-refractivity contribution >= 4 is 11.8 Å². The summed E-state index contributed by atoms with van der Waals surface area (Å²) in [6.07, 6.45) is 5.45. The number of amides is 2. The summed E-state index contributed by atoms with van der Waals surface area (Å²) in [4.78, 5) is 31.1. The molecule has 0 radical (unpaired) electrons. The lowest BCUT2D eigenvalue weighted by atomic mass is 10.0. The molecule has 1 saturated carbocycles. The van der Waals surface area contributed by atoms with Crippen LogP contribution in [0, 0.1) is 5.41 Å². The first-order valence-corrected chi connectivity index (χ1v) is 9.11. The lowest BCUT2D eigenvalue weighted by molar-refractivity contribution is -0.143. The molecule has 1 heterocycles. The van der Waals surface area contributed by atoms with Crippen molar-refractivity contribution in [1.82, 2.24) is 15.2 Å². The Morgan fingerprint density at radius 3 is 2.37 bits per heavy atom. The normalized spacial score (nSPS) is 14.3. The Hall–Kier alpha value is -2.89. The maximum atomic E-state index is 12.8. The number of pyridine rings is 1. The predicted octanol–water partition coefficient (Wildman–Crippen LogP) is 2.19. The first kappa shape index (κ1) is 18.9. The molecular weight excluding hydrogens is 342 g/mol. The largest absolute Gasteiger partial charge is 0.497 e. The molecule has 0 atom stereocenters. The van der Waals surface area contributed by atoms with Gasteiger partial charge in [0, 0.05) is 32.5 Å². The van der Waals surface area contributed by atoms with E-state index in [9.17, 15) is 9.59 Å². The number of carbonyl (C=O) groups excluding carboxylic acids is 2. The Morgan fingerprint density at radius 2 is 1.78 bits per heavy atom. The van der Waals surface area contributed by atoms with Gasteiger partial charge in [-0.3, -0.25) is 14.6 Å². The summed E-state index contributed by atoms with van der Waals surface area (Å²) in [6.45, 7) is 0.981. The summed E-state index contributed by atoms with van der Waals surface area (Å²) in [5, 5.41) is 2.91. The Kier molecular flexibility index (Phi) is 5.74. The Bertz CT molecular complexity index is 786. The first-order chi connectivity index (χ1) is 13.0. The van der Waals surface area contributed by atoms with Crippen molar-refractivity contribution in [3.05, 3.63) is 59.9 Å². The Balaban J connectivity index is 1.53. The number of likely N-dealkylation sites (N-methyl/N-ethyl adjacent to an activating group) is 1. The van der Waals surface area contributed by atoms with Gasteiger partial charge in [0.15, 0.2) is 0 Å². The molecule has 2 amide bonds. The van der Waals surface area contributed by atoms with E-state index in [-0.39, 0.29) is 11.8 Å². The summed E-state index contributed by atoms with van der Waals surface area (Å²) in [5.74, 6) is 0.498. The predicted molar refractivity (Wildman–Crippen MR) is 102 cm³/mol. The third kappa shape index (κ3) is 4.45. The Morgan fingerprint density at radius 1 is 1.11 bits per heavy atom. The zero-order valence-corrected chi connectivity index (χ0v) is 15.8. The maximum Gasteiger partial charge on any atom is 0.238 e. The second-order valence-electron chi connectivity index (χ2n) is 6.95. The van der Waals surface area contributed by atoms with Gasteiger partial charge in [0.2, 0.25) is 11.8 Å². The van der Waals surface area contributed by atoms with Crippen molar-refractivity contribution in [2.24, 2.45) is 5.41 Å². The fraction of sp³-hybridized carbons (Fsp3) is 0.381. The summed E-state index contributed by atoms with van der Waals surface area (Å²) >= 11 is 0. The smallest absolute Gasteiger partial charge is 0.238 e. The molecule has 142 valence electrons. The monoisotopic (exact) mass is 367 g/mol. The number of aromatic nitrogens is 1. The van der Waals surface area contributed by atoms with Gasteiger partial charge < -0.3 is 15.0 Å². The fourth-order valence-electron chi connectivity index (χ4n) is 3.07. The molecule has 3 rings (SSSR count). The number of rotatable bonds is 8. The molecular formula is C21H25N3O3. The fourth-order valence-corrected chi connectivity index (χ4v) is 3.07. The molecule has 1 aliphatic carbocycles. The lowest BCUT2D eigenvalue weighted by Crippen LogP contribution is -2.44. The highest BCUT2D eigenvalue weighted by Gasteiger charge is 2.57. The van der Waals surface area contributed by atoms with Crippen LogP contribution in [0.5, 0.6) is 5.75 Å². The van der Waals surface area contributed by atoms with E-state index in [1.165, 1.54) is 0 Å². The van der Waals surface area contributed by atoms with Crippen LogP contribution in [0.15, 0.2) is 48.8 Å². The minimum absolute atomic E-state index is 0.0937. The summed E-state index contributed by atoms with van der Waals surface area (Å²) < 4.78 is 5.13. The van der Waals surface area contributed by atoms with Crippen LogP contribution in [0.4, 0.5) is 0 Å².